The van der Waals surface area contributed by atoms with Gasteiger partial charge in [0.15, 0.2) is 5.78 Å². The zero-order chi connectivity index (χ0) is 20.0. The van der Waals surface area contributed by atoms with Crippen LogP contribution in [0, 0.1) is 6.92 Å². The molecule has 3 aromatic rings. The highest BCUT2D eigenvalue weighted by Crippen LogP contribution is 2.37. The molecule has 2 aliphatic rings. The molecule has 0 amide bonds. The number of nitrogens with zero attached hydrogens (tertiary/aromatic N) is 3. The number of methoxy groups -OCH3 is 1. The molecule has 5 rings (SSSR count). The molecule has 0 spiro atoms. The van der Waals surface area contributed by atoms with Crippen molar-refractivity contribution in [3.63, 3.8) is 0 Å². The lowest BCUT2D eigenvalue weighted by molar-refractivity contribution is 0.0962. The lowest BCUT2D eigenvalue weighted by Crippen LogP contribution is -2.25. The highest BCUT2D eigenvalue weighted by Gasteiger charge is 2.31. The maximum Gasteiger partial charge on any atom is 0.230 e. The molecule has 0 bridgehead atoms. The zero-order valence-corrected chi connectivity index (χ0v) is 16.7. The number of Topliss-reactive ketones (excluding diaryl/α,β-unsaturated/α-hetero) is 1. The van der Waals surface area contributed by atoms with E-state index in [0.29, 0.717) is 17.9 Å². The molecule has 0 unspecified atom stereocenters. The Balaban J connectivity index is 1.51. The van der Waals surface area contributed by atoms with E-state index in [1.165, 1.54) is 11.3 Å². The topological polar surface area (TPSA) is 55.3 Å². The summed E-state index contributed by atoms with van der Waals surface area (Å²) in [5.41, 5.74) is 6.00. The lowest BCUT2D eigenvalue weighted by Gasteiger charge is -2.26. The minimum atomic E-state index is 0.133. The third kappa shape index (κ3) is 3.07. The average Bonchev–Trinajstić information content (AvgIpc) is 3.17. The van der Waals surface area contributed by atoms with Gasteiger partial charge in [0.25, 0.3) is 0 Å². The Morgan fingerprint density at radius 1 is 1.03 bits per heavy atom. The van der Waals surface area contributed by atoms with Crippen LogP contribution in [0.15, 0.2) is 48.5 Å². The molecule has 146 valence electrons. The van der Waals surface area contributed by atoms with E-state index < -0.39 is 0 Å². The van der Waals surface area contributed by atoms with Crippen molar-refractivity contribution in [2.24, 2.45) is 0 Å². The first-order valence-electron chi connectivity index (χ1n) is 10.0. The van der Waals surface area contributed by atoms with Gasteiger partial charge in [0.2, 0.25) is 5.95 Å². The first-order chi connectivity index (χ1) is 14.1. The summed E-state index contributed by atoms with van der Waals surface area (Å²) in [5, 5.41) is 0. The fourth-order valence-electron chi connectivity index (χ4n) is 4.54. The second-order valence-corrected chi connectivity index (χ2v) is 7.76. The van der Waals surface area contributed by atoms with Gasteiger partial charge in [0, 0.05) is 18.7 Å². The van der Waals surface area contributed by atoms with Crippen LogP contribution in [0.4, 0.5) is 11.6 Å². The second kappa shape index (κ2) is 6.99. The van der Waals surface area contributed by atoms with Crippen LogP contribution in [-0.4, -0.2) is 29.4 Å². The molecule has 5 heteroatoms. The van der Waals surface area contributed by atoms with Gasteiger partial charge in [-0.15, -0.1) is 0 Å². The van der Waals surface area contributed by atoms with Crippen molar-refractivity contribution >= 4 is 17.4 Å². The summed E-state index contributed by atoms with van der Waals surface area (Å²) in [7, 11) is 1.66. The van der Waals surface area contributed by atoms with Crippen LogP contribution >= 0.6 is 0 Å². The number of fused-ring (bicyclic) bond motifs is 2. The summed E-state index contributed by atoms with van der Waals surface area (Å²) < 4.78 is 5.26. The average molecular weight is 385 g/mol. The van der Waals surface area contributed by atoms with Gasteiger partial charge < -0.3 is 9.64 Å². The second-order valence-electron chi connectivity index (χ2n) is 7.76. The Morgan fingerprint density at radius 2 is 1.83 bits per heavy atom. The summed E-state index contributed by atoms with van der Waals surface area (Å²) in [5.74, 6) is 1.80. The summed E-state index contributed by atoms with van der Waals surface area (Å²) >= 11 is 0. The summed E-state index contributed by atoms with van der Waals surface area (Å²) in [6.45, 7) is 2.80. The van der Waals surface area contributed by atoms with Crippen molar-refractivity contribution in [1.82, 2.24) is 9.97 Å². The molecular weight excluding hydrogens is 362 g/mol. The lowest BCUT2D eigenvalue weighted by atomic mass is 9.81. The molecule has 0 fully saturated rings. The molecule has 0 radical (unpaired) electrons. The van der Waals surface area contributed by atoms with Crippen LogP contribution in [-0.2, 0) is 12.8 Å². The van der Waals surface area contributed by atoms with E-state index in [-0.39, 0.29) is 11.7 Å². The number of ketones is 1. The summed E-state index contributed by atoms with van der Waals surface area (Å²) in [6.07, 6.45) is 2.23. The van der Waals surface area contributed by atoms with E-state index in [1.54, 1.807) is 7.11 Å². The number of aryl methyl sites for hydroxylation is 1. The predicted octanol–water partition coefficient (Wildman–Crippen LogP) is 4.40. The van der Waals surface area contributed by atoms with Crippen LogP contribution in [0.1, 0.15) is 45.2 Å². The molecule has 1 aromatic heterocycles. The quantitative estimate of drug-likeness (QED) is 0.669. The molecule has 0 saturated heterocycles. The molecular formula is C24H23N3O2. The Bertz CT molecular complexity index is 1090. The van der Waals surface area contributed by atoms with Crippen molar-refractivity contribution in [3.05, 3.63) is 76.6 Å². The van der Waals surface area contributed by atoms with E-state index >= 15 is 0 Å². The monoisotopic (exact) mass is 385 g/mol. The number of benzene rings is 2. The number of rotatable bonds is 3. The number of carbonyl (C=O) groups excluding carboxylic acids is 1. The number of aromatic nitrogens is 2. The standard InChI is InChI=1S/C24H23N3O2/c1-15-23-20(13-18(14-22(23)28)16-7-9-19(29-2)10-8-16)26-24(25-15)27-12-11-17-5-3-4-6-21(17)27/h3-10,18H,11-14H2,1-2H3/t18-/m1/s1. The predicted molar refractivity (Wildman–Crippen MR) is 112 cm³/mol. The highest BCUT2D eigenvalue weighted by molar-refractivity contribution is 5.99. The number of anilines is 2. The van der Waals surface area contributed by atoms with E-state index in [9.17, 15) is 4.79 Å². The van der Waals surface area contributed by atoms with Crippen molar-refractivity contribution in [3.8, 4) is 5.75 Å². The Morgan fingerprint density at radius 3 is 2.62 bits per heavy atom. The van der Waals surface area contributed by atoms with Crippen LogP contribution in [0.3, 0.4) is 0 Å². The highest BCUT2D eigenvalue weighted by atomic mass is 16.5. The van der Waals surface area contributed by atoms with E-state index in [1.807, 2.05) is 37.3 Å². The van der Waals surface area contributed by atoms with Gasteiger partial charge in [0.1, 0.15) is 5.75 Å². The van der Waals surface area contributed by atoms with Crippen molar-refractivity contribution in [2.75, 3.05) is 18.6 Å². The third-order valence-corrected chi connectivity index (χ3v) is 6.02. The first-order valence-corrected chi connectivity index (χ1v) is 10.0. The zero-order valence-electron chi connectivity index (χ0n) is 16.7. The third-order valence-electron chi connectivity index (χ3n) is 6.02. The largest absolute Gasteiger partial charge is 0.497 e. The minimum Gasteiger partial charge on any atom is -0.497 e. The van der Waals surface area contributed by atoms with Gasteiger partial charge in [0.05, 0.1) is 24.1 Å². The van der Waals surface area contributed by atoms with Crippen molar-refractivity contribution < 1.29 is 9.53 Å². The molecule has 1 atom stereocenters. The first kappa shape index (κ1) is 17.9. The van der Waals surface area contributed by atoms with Gasteiger partial charge in [-0.25, -0.2) is 9.97 Å². The van der Waals surface area contributed by atoms with Crippen LogP contribution in [0.25, 0.3) is 0 Å². The van der Waals surface area contributed by atoms with Crippen LogP contribution in [0.5, 0.6) is 5.75 Å². The van der Waals surface area contributed by atoms with Gasteiger partial charge in [-0.1, -0.05) is 30.3 Å². The molecule has 0 N–H and O–H groups in total. The number of hydrogen-bond donors (Lipinski definition) is 0. The fraction of sp³-hybridized carbons (Fsp3) is 0.292. The maximum atomic E-state index is 12.9. The van der Waals surface area contributed by atoms with Gasteiger partial charge in [-0.05, 0) is 55.0 Å². The van der Waals surface area contributed by atoms with Gasteiger partial charge >= 0.3 is 0 Å². The van der Waals surface area contributed by atoms with E-state index in [0.717, 1.165) is 42.1 Å². The number of ether oxygens (including phenoxy) is 1. The van der Waals surface area contributed by atoms with Crippen molar-refractivity contribution in [2.45, 2.75) is 32.1 Å². The van der Waals surface area contributed by atoms with E-state index in [2.05, 4.69) is 23.1 Å². The molecule has 5 nitrogen and oxygen atoms in total. The molecule has 2 aromatic carbocycles. The molecule has 29 heavy (non-hydrogen) atoms. The van der Waals surface area contributed by atoms with Crippen molar-refractivity contribution in [1.29, 1.82) is 0 Å². The maximum absolute atomic E-state index is 12.9. The van der Waals surface area contributed by atoms with E-state index in [4.69, 9.17) is 14.7 Å². The molecule has 1 aliphatic heterocycles. The Kier molecular flexibility index (Phi) is 4.31. The minimum absolute atomic E-state index is 0.133. The van der Waals surface area contributed by atoms with Gasteiger partial charge in [-0.3, -0.25) is 4.79 Å². The number of carbonyl (C=O) groups is 1. The molecule has 0 saturated carbocycles. The SMILES string of the molecule is COc1ccc([C@H]2CC(=O)c3c(C)nc(N4CCc5ccccc54)nc3C2)cc1. The normalized spacial score (nSPS) is 17.8. The Labute approximate surface area is 170 Å². The summed E-state index contributed by atoms with van der Waals surface area (Å²) in [6, 6.07) is 16.4. The smallest absolute Gasteiger partial charge is 0.230 e. The Hall–Kier alpha value is -3.21. The molecule has 1 aliphatic carbocycles. The number of hydrogen-bond acceptors (Lipinski definition) is 5. The molecule has 2 heterocycles. The fourth-order valence-corrected chi connectivity index (χ4v) is 4.54. The number of para-hydroxylation sites is 1. The van der Waals surface area contributed by atoms with Crippen LogP contribution in [0.2, 0.25) is 0 Å². The van der Waals surface area contributed by atoms with Gasteiger partial charge in [-0.2, -0.15) is 0 Å². The summed E-state index contributed by atoms with van der Waals surface area (Å²) in [4.78, 5) is 24.7. The van der Waals surface area contributed by atoms with Crippen LogP contribution < -0.4 is 9.64 Å².